The molecule has 0 bridgehead atoms. The zero-order chi connectivity index (χ0) is 12.1. The molecular weight excluding hydrogens is 208 g/mol. The van der Waals surface area contributed by atoms with Gasteiger partial charge in [0.2, 0.25) is 0 Å². The summed E-state index contributed by atoms with van der Waals surface area (Å²) in [6.07, 6.45) is 1.07. The largest absolute Gasteiger partial charge is 0.433 e. The molecule has 0 saturated carbocycles. The van der Waals surface area contributed by atoms with Crippen LogP contribution in [0.15, 0.2) is 16.5 Å². The van der Waals surface area contributed by atoms with Gasteiger partial charge in [0, 0.05) is 6.04 Å². The first-order valence-electron chi connectivity index (χ1n) is 5.45. The highest BCUT2D eigenvalue weighted by Gasteiger charge is 2.12. The molecule has 1 unspecified atom stereocenters. The van der Waals surface area contributed by atoms with E-state index in [-0.39, 0.29) is 5.88 Å². The second-order valence-corrected chi connectivity index (χ2v) is 4.41. The molecular formula is C11H18N2O3. The maximum atomic E-state index is 10.4. The van der Waals surface area contributed by atoms with E-state index < -0.39 is 4.92 Å². The van der Waals surface area contributed by atoms with Crippen molar-refractivity contribution in [3.05, 3.63) is 28.0 Å². The van der Waals surface area contributed by atoms with Crippen LogP contribution in [0.2, 0.25) is 0 Å². The van der Waals surface area contributed by atoms with Crippen LogP contribution in [0.4, 0.5) is 5.88 Å². The summed E-state index contributed by atoms with van der Waals surface area (Å²) in [6, 6.07) is 3.39. The third-order valence-electron chi connectivity index (χ3n) is 2.28. The minimum atomic E-state index is -0.527. The van der Waals surface area contributed by atoms with E-state index in [2.05, 4.69) is 26.1 Å². The lowest BCUT2D eigenvalue weighted by Crippen LogP contribution is -2.26. The van der Waals surface area contributed by atoms with Gasteiger partial charge in [0.25, 0.3) is 0 Å². The van der Waals surface area contributed by atoms with E-state index >= 15 is 0 Å². The molecule has 1 N–H and O–H groups in total. The molecule has 0 amide bonds. The van der Waals surface area contributed by atoms with Gasteiger partial charge in [-0.15, -0.1) is 0 Å². The van der Waals surface area contributed by atoms with Crippen molar-refractivity contribution in [3.63, 3.8) is 0 Å². The van der Waals surface area contributed by atoms with E-state index in [0.717, 1.165) is 6.42 Å². The third-order valence-corrected chi connectivity index (χ3v) is 2.28. The minimum Gasteiger partial charge on any atom is -0.404 e. The zero-order valence-corrected chi connectivity index (χ0v) is 9.90. The Labute approximate surface area is 95.0 Å². The number of nitrogens with zero attached hydrogens (tertiary/aromatic N) is 1. The summed E-state index contributed by atoms with van der Waals surface area (Å²) in [5.41, 5.74) is 0. The van der Waals surface area contributed by atoms with Gasteiger partial charge in [-0.1, -0.05) is 13.8 Å². The first-order chi connectivity index (χ1) is 7.49. The first kappa shape index (κ1) is 12.7. The van der Waals surface area contributed by atoms with Gasteiger partial charge >= 0.3 is 5.88 Å². The van der Waals surface area contributed by atoms with E-state index in [0.29, 0.717) is 24.3 Å². The number of rotatable bonds is 6. The van der Waals surface area contributed by atoms with E-state index in [4.69, 9.17) is 4.42 Å². The Morgan fingerprint density at radius 2 is 2.12 bits per heavy atom. The second-order valence-electron chi connectivity index (χ2n) is 4.41. The summed E-state index contributed by atoms with van der Waals surface area (Å²) >= 11 is 0. The fourth-order valence-corrected chi connectivity index (χ4v) is 1.62. The summed E-state index contributed by atoms with van der Waals surface area (Å²) in [6.45, 7) is 6.95. The second kappa shape index (κ2) is 5.65. The smallest absolute Gasteiger partial charge is 0.404 e. The molecule has 0 fully saturated rings. The van der Waals surface area contributed by atoms with E-state index in [1.54, 1.807) is 6.07 Å². The van der Waals surface area contributed by atoms with Crippen LogP contribution in [0.5, 0.6) is 0 Å². The Bertz CT molecular complexity index is 347. The van der Waals surface area contributed by atoms with Crippen LogP contribution in [-0.4, -0.2) is 11.0 Å². The maximum absolute atomic E-state index is 10.4. The predicted octanol–water partition coefficient (Wildman–Crippen LogP) is 2.71. The van der Waals surface area contributed by atoms with Gasteiger partial charge in [0.05, 0.1) is 12.6 Å². The molecule has 1 heterocycles. The normalized spacial score (nSPS) is 13.0. The average molecular weight is 226 g/mol. The SMILES string of the molecule is CC(C)CC(C)NCc1ccc([N+](=O)[O-])o1. The highest BCUT2D eigenvalue weighted by molar-refractivity contribution is 5.17. The molecule has 5 heteroatoms. The monoisotopic (exact) mass is 226 g/mol. The van der Waals surface area contributed by atoms with Crippen molar-refractivity contribution >= 4 is 5.88 Å². The number of nitrogens with one attached hydrogen (secondary N) is 1. The van der Waals surface area contributed by atoms with Crippen LogP contribution >= 0.6 is 0 Å². The van der Waals surface area contributed by atoms with Crippen molar-refractivity contribution in [1.82, 2.24) is 5.32 Å². The Balaban J connectivity index is 2.39. The van der Waals surface area contributed by atoms with E-state index in [9.17, 15) is 10.1 Å². The molecule has 1 rings (SSSR count). The Kier molecular flexibility index (Phi) is 4.49. The minimum absolute atomic E-state index is 0.201. The quantitative estimate of drug-likeness (QED) is 0.598. The number of nitro groups is 1. The van der Waals surface area contributed by atoms with Gasteiger partial charge in [0.1, 0.15) is 10.7 Å². The van der Waals surface area contributed by atoms with Crippen molar-refractivity contribution < 1.29 is 9.34 Å². The molecule has 0 saturated heterocycles. The molecule has 0 aliphatic rings. The summed E-state index contributed by atoms with van der Waals surface area (Å²) < 4.78 is 5.04. The maximum Gasteiger partial charge on any atom is 0.433 e. The molecule has 1 aromatic heterocycles. The number of furan rings is 1. The van der Waals surface area contributed by atoms with Crippen molar-refractivity contribution in [2.45, 2.75) is 39.8 Å². The van der Waals surface area contributed by atoms with Gasteiger partial charge in [-0.2, -0.15) is 0 Å². The molecule has 5 nitrogen and oxygen atoms in total. The summed E-state index contributed by atoms with van der Waals surface area (Å²) in [5.74, 6) is 1.03. The zero-order valence-electron chi connectivity index (χ0n) is 9.90. The van der Waals surface area contributed by atoms with Crippen LogP contribution in [0, 0.1) is 16.0 Å². The van der Waals surface area contributed by atoms with Crippen LogP contribution in [0.3, 0.4) is 0 Å². The third kappa shape index (κ3) is 4.02. The Morgan fingerprint density at radius 3 is 2.62 bits per heavy atom. The van der Waals surface area contributed by atoms with Gasteiger partial charge in [-0.25, -0.2) is 0 Å². The molecule has 0 radical (unpaired) electrons. The lowest BCUT2D eigenvalue weighted by molar-refractivity contribution is -0.402. The predicted molar refractivity (Wildman–Crippen MR) is 61.1 cm³/mol. The van der Waals surface area contributed by atoms with Crippen LogP contribution in [0.1, 0.15) is 33.0 Å². The fraction of sp³-hybridized carbons (Fsp3) is 0.636. The van der Waals surface area contributed by atoms with Crippen LogP contribution in [0.25, 0.3) is 0 Å². The molecule has 0 aliphatic heterocycles. The highest BCUT2D eigenvalue weighted by atomic mass is 16.6. The Hall–Kier alpha value is -1.36. The average Bonchev–Trinajstić information content (AvgIpc) is 2.61. The van der Waals surface area contributed by atoms with Crippen molar-refractivity contribution in [2.24, 2.45) is 5.92 Å². The summed E-state index contributed by atoms with van der Waals surface area (Å²) in [5, 5.41) is 13.7. The molecule has 0 spiro atoms. The number of hydrogen-bond donors (Lipinski definition) is 1. The molecule has 0 aromatic carbocycles. The summed E-state index contributed by atoms with van der Waals surface area (Å²) in [4.78, 5) is 9.86. The van der Waals surface area contributed by atoms with Crippen molar-refractivity contribution in [3.8, 4) is 0 Å². The van der Waals surface area contributed by atoms with E-state index in [1.807, 2.05) is 0 Å². The highest BCUT2D eigenvalue weighted by Crippen LogP contribution is 2.15. The standard InChI is InChI=1S/C11H18N2O3/c1-8(2)6-9(3)12-7-10-4-5-11(16-10)13(14)15/h4-5,8-9,12H,6-7H2,1-3H3. The van der Waals surface area contributed by atoms with Crippen LogP contribution < -0.4 is 5.32 Å². The molecule has 0 aliphatic carbocycles. The summed E-state index contributed by atoms with van der Waals surface area (Å²) in [7, 11) is 0. The van der Waals surface area contributed by atoms with Gasteiger partial charge in [-0.3, -0.25) is 10.1 Å². The van der Waals surface area contributed by atoms with Gasteiger partial charge in [-0.05, 0) is 25.3 Å². The topological polar surface area (TPSA) is 68.3 Å². The van der Waals surface area contributed by atoms with E-state index in [1.165, 1.54) is 6.07 Å². The van der Waals surface area contributed by atoms with Crippen LogP contribution in [-0.2, 0) is 6.54 Å². The van der Waals surface area contributed by atoms with Gasteiger partial charge in [0.15, 0.2) is 0 Å². The first-order valence-corrected chi connectivity index (χ1v) is 5.45. The molecule has 90 valence electrons. The molecule has 1 aromatic rings. The molecule has 16 heavy (non-hydrogen) atoms. The van der Waals surface area contributed by atoms with Crippen molar-refractivity contribution in [2.75, 3.05) is 0 Å². The van der Waals surface area contributed by atoms with Crippen molar-refractivity contribution in [1.29, 1.82) is 0 Å². The number of hydrogen-bond acceptors (Lipinski definition) is 4. The lowest BCUT2D eigenvalue weighted by atomic mass is 10.1. The Morgan fingerprint density at radius 1 is 1.44 bits per heavy atom. The fourth-order valence-electron chi connectivity index (χ4n) is 1.62. The lowest BCUT2D eigenvalue weighted by Gasteiger charge is -2.14. The van der Waals surface area contributed by atoms with Gasteiger partial charge < -0.3 is 9.73 Å². The molecule has 1 atom stereocenters.